The topological polar surface area (TPSA) is 47.6 Å². The van der Waals surface area contributed by atoms with Gasteiger partial charge in [-0.2, -0.15) is 13.2 Å². The van der Waals surface area contributed by atoms with Crippen LogP contribution in [-0.2, 0) is 28.7 Å². The van der Waals surface area contributed by atoms with E-state index in [4.69, 9.17) is 9.47 Å². The largest absolute Gasteiger partial charge is 0.475 e. The van der Waals surface area contributed by atoms with Gasteiger partial charge >= 0.3 is 12.1 Å². The Morgan fingerprint density at radius 1 is 1.07 bits per heavy atom. The number of esters is 1. The Morgan fingerprint density at radius 3 is 2.27 bits per heavy atom. The number of nitrogens with one attached hydrogen (secondary N) is 1. The Balaban J connectivity index is 1.85. The number of ether oxygens (including phenoxy) is 2. The van der Waals surface area contributed by atoms with Crippen LogP contribution in [0.5, 0.6) is 5.75 Å². The second-order valence-electron chi connectivity index (χ2n) is 7.22. The van der Waals surface area contributed by atoms with Gasteiger partial charge in [0.2, 0.25) is 0 Å². The smallest absolute Gasteiger partial charge is 0.416 e. The molecule has 0 saturated heterocycles. The number of carbonyl (C=O) groups is 1. The molecule has 0 saturated carbocycles. The average molecular weight is 488 g/mol. The highest BCUT2D eigenvalue weighted by Gasteiger charge is 2.32. The number of carbonyl (C=O) groups excluding carboxylic acids is 1. The normalized spacial score (nSPS) is 12.0. The fourth-order valence-corrected chi connectivity index (χ4v) is 3.19. The second kappa shape index (κ2) is 10.3. The average Bonchev–Trinajstić information content (AvgIpc) is 2.67. The molecular formula is C22H25BrF3NO3. The standard InChI is InChI=1S/C22H25BrF3NO3/c1-4-29-20(28)21(2,3)30-19-10-7-15(13-18(19)23)11-12-27-14-16-5-8-17(9-6-16)22(24,25)26/h5-10,13,27H,4,11-12,14H2,1-3H3. The molecule has 0 aromatic heterocycles. The van der Waals surface area contributed by atoms with Gasteiger partial charge in [0.25, 0.3) is 0 Å². The minimum absolute atomic E-state index is 0.283. The number of halogens is 4. The van der Waals surface area contributed by atoms with Crippen molar-refractivity contribution in [1.82, 2.24) is 5.32 Å². The molecule has 4 nitrogen and oxygen atoms in total. The fourth-order valence-electron chi connectivity index (χ4n) is 2.68. The molecule has 0 spiro atoms. The van der Waals surface area contributed by atoms with Crippen molar-refractivity contribution in [3.63, 3.8) is 0 Å². The van der Waals surface area contributed by atoms with Crippen LogP contribution in [0.15, 0.2) is 46.9 Å². The molecule has 30 heavy (non-hydrogen) atoms. The number of hydrogen-bond acceptors (Lipinski definition) is 4. The van der Waals surface area contributed by atoms with E-state index >= 15 is 0 Å². The molecule has 164 valence electrons. The second-order valence-corrected chi connectivity index (χ2v) is 8.07. The van der Waals surface area contributed by atoms with E-state index in [1.165, 1.54) is 12.1 Å². The van der Waals surface area contributed by atoms with Gasteiger partial charge in [-0.25, -0.2) is 4.79 Å². The van der Waals surface area contributed by atoms with E-state index in [-0.39, 0.29) is 6.61 Å². The van der Waals surface area contributed by atoms with Gasteiger partial charge in [-0.1, -0.05) is 18.2 Å². The Labute approximate surface area is 182 Å². The molecule has 1 N–H and O–H groups in total. The van der Waals surface area contributed by atoms with Crippen molar-refractivity contribution in [2.45, 2.75) is 45.5 Å². The molecule has 0 aliphatic rings. The first-order valence-electron chi connectivity index (χ1n) is 9.54. The van der Waals surface area contributed by atoms with Crippen LogP contribution >= 0.6 is 15.9 Å². The van der Waals surface area contributed by atoms with E-state index in [0.29, 0.717) is 18.8 Å². The van der Waals surface area contributed by atoms with Crippen LogP contribution in [0.3, 0.4) is 0 Å². The Kier molecular flexibility index (Phi) is 8.32. The summed E-state index contributed by atoms with van der Waals surface area (Å²) in [5.41, 5.74) is 0.0743. The van der Waals surface area contributed by atoms with Gasteiger partial charge < -0.3 is 14.8 Å². The van der Waals surface area contributed by atoms with Crippen molar-refractivity contribution < 1.29 is 27.4 Å². The van der Waals surface area contributed by atoms with E-state index in [9.17, 15) is 18.0 Å². The highest BCUT2D eigenvalue weighted by molar-refractivity contribution is 9.10. The lowest BCUT2D eigenvalue weighted by molar-refractivity contribution is -0.158. The van der Waals surface area contributed by atoms with Crippen LogP contribution in [0.4, 0.5) is 13.2 Å². The summed E-state index contributed by atoms with van der Waals surface area (Å²) in [4.78, 5) is 12.0. The van der Waals surface area contributed by atoms with Crippen LogP contribution in [0.25, 0.3) is 0 Å². The molecule has 2 aromatic carbocycles. The maximum atomic E-state index is 12.6. The molecule has 0 bridgehead atoms. The number of hydrogen-bond donors (Lipinski definition) is 1. The van der Waals surface area contributed by atoms with E-state index < -0.39 is 23.3 Å². The van der Waals surface area contributed by atoms with E-state index in [1.54, 1.807) is 26.8 Å². The van der Waals surface area contributed by atoms with Crippen LogP contribution in [0.2, 0.25) is 0 Å². The summed E-state index contributed by atoms with van der Waals surface area (Å²) in [5.74, 6) is 0.1000. The van der Waals surface area contributed by atoms with E-state index in [2.05, 4.69) is 21.2 Å². The van der Waals surface area contributed by atoms with Gasteiger partial charge in [-0.3, -0.25) is 0 Å². The van der Waals surface area contributed by atoms with Gasteiger partial charge in [0.05, 0.1) is 16.6 Å². The molecule has 0 amide bonds. The van der Waals surface area contributed by atoms with Crippen molar-refractivity contribution in [2.24, 2.45) is 0 Å². The van der Waals surface area contributed by atoms with Crippen LogP contribution in [0, 0.1) is 0 Å². The highest BCUT2D eigenvalue weighted by Crippen LogP contribution is 2.30. The molecular weight excluding hydrogens is 463 g/mol. The van der Waals surface area contributed by atoms with Crippen molar-refractivity contribution in [3.8, 4) is 5.75 Å². The lowest BCUT2D eigenvalue weighted by Crippen LogP contribution is -2.39. The Hall–Kier alpha value is -2.06. The molecule has 2 rings (SSSR count). The fraction of sp³-hybridized carbons (Fsp3) is 0.409. The third-order valence-electron chi connectivity index (χ3n) is 4.33. The van der Waals surface area contributed by atoms with E-state index in [1.807, 2.05) is 12.1 Å². The lowest BCUT2D eigenvalue weighted by Gasteiger charge is -2.24. The summed E-state index contributed by atoms with van der Waals surface area (Å²) < 4.78 is 49.3. The minimum atomic E-state index is -4.32. The summed E-state index contributed by atoms with van der Waals surface area (Å²) in [6.07, 6.45) is -3.60. The molecule has 0 aliphatic heterocycles. The monoisotopic (exact) mass is 487 g/mol. The molecule has 0 heterocycles. The molecule has 0 aliphatic carbocycles. The highest BCUT2D eigenvalue weighted by atomic mass is 79.9. The predicted octanol–water partition coefficient (Wildman–Crippen LogP) is 5.52. The summed E-state index contributed by atoms with van der Waals surface area (Å²) in [6.45, 7) is 6.46. The minimum Gasteiger partial charge on any atom is -0.475 e. The van der Waals surface area contributed by atoms with Gasteiger partial charge in [0, 0.05) is 6.54 Å². The molecule has 0 atom stereocenters. The van der Waals surface area contributed by atoms with Gasteiger partial charge in [-0.15, -0.1) is 0 Å². The van der Waals surface area contributed by atoms with Gasteiger partial charge in [0.15, 0.2) is 5.60 Å². The SMILES string of the molecule is CCOC(=O)C(C)(C)Oc1ccc(CCNCc2ccc(C(F)(F)F)cc2)cc1Br. The van der Waals surface area contributed by atoms with Crippen molar-refractivity contribution >= 4 is 21.9 Å². The molecule has 0 fully saturated rings. The van der Waals surface area contributed by atoms with Crippen LogP contribution in [0.1, 0.15) is 37.5 Å². The summed E-state index contributed by atoms with van der Waals surface area (Å²) in [5, 5.41) is 3.22. The Morgan fingerprint density at radius 2 is 1.70 bits per heavy atom. The quantitative estimate of drug-likeness (QED) is 0.373. The summed E-state index contributed by atoms with van der Waals surface area (Å²) >= 11 is 3.47. The summed E-state index contributed by atoms with van der Waals surface area (Å²) in [7, 11) is 0. The zero-order valence-electron chi connectivity index (χ0n) is 17.1. The maximum Gasteiger partial charge on any atom is 0.416 e. The molecule has 0 unspecified atom stereocenters. The zero-order valence-corrected chi connectivity index (χ0v) is 18.7. The summed E-state index contributed by atoms with van der Waals surface area (Å²) in [6, 6.07) is 10.7. The maximum absolute atomic E-state index is 12.6. The lowest BCUT2D eigenvalue weighted by atomic mass is 10.1. The van der Waals surface area contributed by atoms with Gasteiger partial charge in [-0.05, 0) is 85.1 Å². The Bertz CT molecular complexity index is 852. The molecule has 2 aromatic rings. The van der Waals surface area contributed by atoms with Crippen molar-refractivity contribution in [3.05, 3.63) is 63.6 Å². The van der Waals surface area contributed by atoms with Crippen LogP contribution < -0.4 is 10.1 Å². The third-order valence-corrected chi connectivity index (χ3v) is 4.95. The number of benzene rings is 2. The first-order chi connectivity index (χ1) is 14.0. The molecule has 0 radical (unpaired) electrons. The first-order valence-corrected chi connectivity index (χ1v) is 10.3. The van der Waals surface area contributed by atoms with E-state index in [0.717, 1.165) is 34.2 Å². The zero-order chi connectivity index (χ0) is 22.4. The van der Waals surface area contributed by atoms with Crippen molar-refractivity contribution in [2.75, 3.05) is 13.2 Å². The number of alkyl halides is 3. The third kappa shape index (κ3) is 7.02. The van der Waals surface area contributed by atoms with Gasteiger partial charge in [0.1, 0.15) is 5.75 Å². The van der Waals surface area contributed by atoms with Crippen molar-refractivity contribution in [1.29, 1.82) is 0 Å². The number of rotatable bonds is 9. The molecule has 8 heteroatoms. The van der Waals surface area contributed by atoms with Crippen LogP contribution in [-0.4, -0.2) is 24.7 Å². The first kappa shape index (κ1) is 24.2. The predicted molar refractivity (Wildman–Crippen MR) is 112 cm³/mol.